The summed E-state index contributed by atoms with van der Waals surface area (Å²) < 4.78 is 11.6. The van der Waals surface area contributed by atoms with Crippen molar-refractivity contribution < 1.29 is 9.47 Å². The fourth-order valence-electron chi connectivity index (χ4n) is 2.77. The maximum atomic E-state index is 6.07. The van der Waals surface area contributed by atoms with Crippen LogP contribution in [0.1, 0.15) is 45.1 Å². The molecule has 1 aromatic rings. The summed E-state index contributed by atoms with van der Waals surface area (Å²) >= 11 is 0. The number of hydrogen-bond donors (Lipinski definition) is 2. The van der Waals surface area contributed by atoms with Crippen molar-refractivity contribution in [3.63, 3.8) is 0 Å². The van der Waals surface area contributed by atoms with E-state index in [1.807, 2.05) is 12.1 Å². The van der Waals surface area contributed by atoms with Gasteiger partial charge in [-0.1, -0.05) is 6.07 Å². The molecule has 1 aliphatic carbocycles. The SMILES string of the molecule is CCNC(=NCc1ccc(OC2CCCC2)c(OC)c1)NCC.I. The summed E-state index contributed by atoms with van der Waals surface area (Å²) in [4.78, 5) is 4.58. The van der Waals surface area contributed by atoms with Crippen molar-refractivity contribution in [2.24, 2.45) is 4.99 Å². The van der Waals surface area contributed by atoms with Crippen molar-refractivity contribution in [2.45, 2.75) is 52.2 Å². The van der Waals surface area contributed by atoms with Crippen LogP contribution in [0.5, 0.6) is 11.5 Å². The van der Waals surface area contributed by atoms with Gasteiger partial charge in [-0.3, -0.25) is 0 Å². The molecule has 5 nitrogen and oxygen atoms in total. The Balaban J connectivity index is 0.00000288. The molecular formula is C18H30IN3O2. The average molecular weight is 447 g/mol. The standard InChI is InChI=1S/C18H29N3O2.HI/c1-4-19-18(20-5-2)21-13-14-10-11-16(17(12-14)22-3)23-15-8-6-7-9-15;/h10-12,15H,4-9,13H2,1-3H3,(H2,19,20,21);1H. The minimum Gasteiger partial charge on any atom is -0.493 e. The lowest BCUT2D eigenvalue weighted by atomic mass is 10.2. The van der Waals surface area contributed by atoms with E-state index in [0.717, 1.165) is 49.0 Å². The van der Waals surface area contributed by atoms with E-state index in [2.05, 4.69) is 35.5 Å². The monoisotopic (exact) mass is 447 g/mol. The number of benzene rings is 1. The van der Waals surface area contributed by atoms with Crippen LogP contribution in [0.15, 0.2) is 23.2 Å². The number of methoxy groups -OCH3 is 1. The van der Waals surface area contributed by atoms with Crippen LogP contribution in [0.25, 0.3) is 0 Å². The van der Waals surface area contributed by atoms with E-state index in [0.29, 0.717) is 12.6 Å². The van der Waals surface area contributed by atoms with Gasteiger partial charge in [0, 0.05) is 13.1 Å². The lowest BCUT2D eigenvalue weighted by Crippen LogP contribution is -2.36. The smallest absolute Gasteiger partial charge is 0.191 e. The summed E-state index contributed by atoms with van der Waals surface area (Å²) in [5.74, 6) is 2.46. The van der Waals surface area contributed by atoms with Crippen LogP contribution in [-0.2, 0) is 6.54 Å². The number of nitrogens with zero attached hydrogens (tertiary/aromatic N) is 1. The Kier molecular flexibility index (Phi) is 9.90. The highest BCUT2D eigenvalue weighted by atomic mass is 127. The number of rotatable bonds is 7. The minimum absolute atomic E-state index is 0. The van der Waals surface area contributed by atoms with Crippen molar-refractivity contribution in [3.05, 3.63) is 23.8 Å². The molecule has 2 N–H and O–H groups in total. The summed E-state index contributed by atoms with van der Waals surface area (Å²) in [6.07, 6.45) is 5.14. The fourth-order valence-corrected chi connectivity index (χ4v) is 2.77. The maximum absolute atomic E-state index is 6.07. The number of guanidine groups is 1. The van der Waals surface area contributed by atoms with Crippen molar-refractivity contribution in [3.8, 4) is 11.5 Å². The molecule has 1 fully saturated rings. The first-order valence-corrected chi connectivity index (χ1v) is 8.62. The molecule has 24 heavy (non-hydrogen) atoms. The number of hydrogen-bond acceptors (Lipinski definition) is 3. The Labute approximate surface area is 162 Å². The number of aliphatic imine (C=N–C) groups is 1. The third-order valence-electron chi connectivity index (χ3n) is 3.93. The summed E-state index contributed by atoms with van der Waals surface area (Å²) in [6.45, 7) is 6.43. The van der Waals surface area contributed by atoms with Crippen LogP contribution in [-0.4, -0.2) is 32.3 Å². The number of ether oxygens (including phenoxy) is 2. The second-order valence-electron chi connectivity index (χ2n) is 5.74. The fraction of sp³-hybridized carbons (Fsp3) is 0.611. The van der Waals surface area contributed by atoms with Crippen LogP contribution in [0, 0.1) is 0 Å². The number of halogens is 1. The molecule has 0 unspecified atom stereocenters. The topological polar surface area (TPSA) is 54.9 Å². The molecular weight excluding hydrogens is 417 g/mol. The molecule has 6 heteroatoms. The van der Waals surface area contributed by atoms with Crippen molar-refractivity contribution in [1.29, 1.82) is 0 Å². The molecule has 0 aromatic heterocycles. The van der Waals surface area contributed by atoms with Gasteiger partial charge in [-0.15, -0.1) is 24.0 Å². The molecule has 0 spiro atoms. The third-order valence-corrected chi connectivity index (χ3v) is 3.93. The van der Waals surface area contributed by atoms with Crippen LogP contribution in [0.2, 0.25) is 0 Å². The van der Waals surface area contributed by atoms with E-state index in [4.69, 9.17) is 9.47 Å². The van der Waals surface area contributed by atoms with Crippen molar-refractivity contribution in [1.82, 2.24) is 10.6 Å². The zero-order chi connectivity index (χ0) is 16.5. The second kappa shape index (κ2) is 11.4. The molecule has 1 saturated carbocycles. The van der Waals surface area contributed by atoms with Gasteiger partial charge in [-0.05, 0) is 57.2 Å². The highest BCUT2D eigenvalue weighted by Gasteiger charge is 2.18. The predicted octanol–water partition coefficient (Wildman–Crippen LogP) is 3.71. The van der Waals surface area contributed by atoms with Gasteiger partial charge in [0.15, 0.2) is 17.5 Å². The Morgan fingerprint density at radius 1 is 1.12 bits per heavy atom. The molecule has 136 valence electrons. The van der Waals surface area contributed by atoms with Gasteiger partial charge in [0.2, 0.25) is 0 Å². The molecule has 2 rings (SSSR count). The Morgan fingerprint density at radius 3 is 2.38 bits per heavy atom. The number of nitrogens with one attached hydrogen (secondary N) is 2. The van der Waals surface area contributed by atoms with E-state index in [1.165, 1.54) is 12.8 Å². The molecule has 0 amide bonds. The van der Waals surface area contributed by atoms with Gasteiger partial charge in [-0.2, -0.15) is 0 Å². The first-order chi connectivity index (χ1) is 11.3. The van der Waals surface area contributed by atoms with E-state index < -0.39 is 0 Å². The largest absolute Gasteiger partial charge is 0.493 e. The summed E-state index contributed by atoms with van der Waals surface area (Å²) in [5, 5.41) is 6.45. The molecule has 0 aliphatic heterocycles. The highest BCUT2D eigenvalue weighted by Crippen LogP contribution is 2.32. The van der Waals surface area contributed by atoms with Gasteiger partial charge < -0.3 is 20.1 Å². The minimum atomic E-state index is 0. The molecule has 1 aromatic carbocycles. The van der Waals surface area contributed by atoms with Gasteiger partial charge in [-0.25, -0.2) is 4.99 Å². The van der Waals surface area contributed by atoms with Crippen molar-refractivity contribution >= 4 is 29.9 Å². The van der Waals surface area contributed by atoms with Crippen LogP contribution in [0.3, 0.4) is 0 Å². The van der Waals surface area contributed by atoms with Crippen LogP contribution < -0.4 is 20.1 Å². The van der Waals surface area contributed by atoms with Gasteiger partial charge in [0.1, 0.15) is 0 Å². The first kappa shape index (κ1) is 20.9. The molecule has 1 aliphatic rings. The molecule has 0 atom stereocenters. The highest BCUT2D eigenvalue weighted by molar-refractivity contribution is 14.0. The van der Waals surface area contributed by atoms with Gasteiger partial charge in [0.05, 0.1) is 19.8 Å². The predicted molar refractivity (Wildman–Crippen MR) is 110 cm³/mol. The first-order valence-electron chi connectivity index (χ1n) is 8.62. The lowest BCUT2D eigenvalue weighted by Gasteiger charge is -2.16. The van der Waals surface area contributed by atoms with Crippen molar-refractivity contribution in [2.75, 3.05) is 20.2 Å². The normalized spacial score (nSPS) is 13.8. The van der Waals surface area contributed by atoms with Crippen LogP contribution >= 0.6 is 24.0 Å². The van der Waals surface area contributed by atoms with E-state index in [1.54, 1.807) is 7.11 Å². The second-order valence-corrected chi connectivity index (χ2v) is 5.74. The van der Waals surface area contributed by atoms with Crippen LogP contribution in [0.4, 0.5) is 0 Å². The third kappa shape index (κ3) is 6.37. The quantitative estimate of drug-likeness (QED) is 0.380. The maximum Gasteiger partial charge on any atom is 0.191 e. The Hall–Kier alpha value is -1.18. The average Bonchev–Trinajstić information content (AvgIpc) is 3.07. The van der Waals surface area contributed by atoms with E-state index in [-0.39, 0.29) is 24.0 Å². The zero-order valence-electron chi connectivity index (χ0n) is 14.9. The molecule has 0 bridgehead atoms. The molecule has 0 radical (unpaired) electrons. The summed E-state index contributed by atoms with van der Waals surface area (Å²) in [6, 6.07) is 6.08. The van der Waals surface area contributed by atoms with E-state index in [9.17, 15) is 0 Å². The zero-order valence-corrected chi connectivity index (χ0v) is 17.3. The Morgan fingerprint density at radius 2 is 1.79 bits per heavy atom. The molecule has 0 saturated heterocycles. The lowest BCUT2D eigenvalue weighted by molar-refractivity contribution is 0.200. The Bertz CT molecular complexity index is 509. The summed E-state index contributed by atoms with van der Waals surface area (Å²) in [7, 11) is 1.69. The molecule has 0 heterocycles. The van der Waals surface area contributed by atoms with Gasteiger partial charge >= 0.3 is 0 Å². The van der Waals surface area contributed by atoms with E-state index >= 15 is 0 Å². The van der Waals surface area contributed by atoms with Gasteiger partial charge in [0.25, 0.3) is 0 Å². The summed E-state index contributed by atoms with van der Waals surface area (Å²) in [5.41, 5.74) is 1.11.